The molecule has 0 aromatic carbocycles. The first-order valence-electron chi connectivity index (χ1n) is 3.41. The second-order valence-corrected chi connectivity index (χ2v) is 3.15. The summed E-state index contributed by atoms with van der Waals surface area (Å²) < 4.78 is 5.11. The van der Waals surface area contributed by atoms with Gasteiger partial charge in [0.2, 0.25) is 0 Å². The standard InChI is InChI=1S/C7H9N3S.ClH/c8-4-6-1-2-10-7(3-6)5-9-11-10;/h1-3,5,9H,4,8H2;1H. The smallest absolute Gasteiger partial charge is 0.0726 e. The molecule has 2 aliphatic heterocycles. The molecule has 66 valence electrons. The number of nitrogens with one attached hydrogen (secondary N) is 1. The molecular formula is C7H10ClN3S. The second kappa shape index (κ2) is 3.89. The van der Waals surface area contributed by atoms with Crippen LogP contribution in [-0.2, 0) is 0 Å². The molecular weight excluding hydrogens is 194 g/mol. The highest BCUT2D eigenvalue weighted by atomic mass is 35.5. The molecule has 2 aliphatic rings. The van der Waals surface area contributed by atoms with Crippen molar-refractivity contribution in [3.63, 3.8) is 0 Å². The Morgan fingerprint density at radius 2 is 2.42 bits per heavy atom. The Kier molecular flexibility index (Phi) is 3.08. The van der Waals surface area contributed by atoms with Gasteiger partial charge >= 0.3 is 0 Å². The third-order valence-electron chi connectivity index (χ3n) is 1.61. The molecule has 0 bridgehead atoms. The summed E-state index contributed by atoms with van der Waals surface area (Å²) >= 11 is 1.56. The van der Waals surface area contributed by atoms with Crippen molar-refractivity contribution in [2.45, 2.75) is 0 Å². The van der Waals surface area contributed by atoms with E-state index in [1.165, 1.54) is 0 Å². The fourth-order valence-electron chi connectivity index (χ4n) is 1.01. The Morgan fingerprint density at radius 1 is 1.58 bits per heavy atom. The predicted octanol–water partition coefficient (Wildman–Crippen LogP) is 1.13. The van der Waals surface area contributed by atoms with Gasteiger partial charge in [-0.1, -0.05) is 0 Å². The third kappa shape index (κ3) is 1.60. The lowest BCUT2D eigenvalue weighted by atomic mass is 10.2. The number of hydrogen-bond donors (Lipinski definition) is 2. The van der Waals surface area contributed by atoms with Crippen LogP contribution in [0.3, 0.4) is 0 Å². The van der Waals surface area contributed by atoms with Gasteiger partial charge in [-0.15, -0.1) is 12.4 Å². The van der Waals surface area contributed by atoms with Gasteiger partial charge in [0, 0.05) is 18.9 Å². The maximum atomic E-state index is 5.49. The molecule has 12 heavy (non-hydrogen) atoms. The Morgan fingerprint density at radius 3 is 3.17 bits per heavy atom. The summed E-state index contributed by atoms with van der Waals surface area (Å²) in [5.74, 6) is 0. The van der Waals surface area contributed by atoms with E-state index in [-0.39, 0.29) is 12.4 Å². The van der Waals surface area contributed by atoms with Gasteiger partial charge in [0.05, 0.1) is 17.8 Å². The topological polar surface area (TPSA) is 41.3 Å². The van der Waals surface area contributed by atoms with Crippen molar-refractivity contribution >= 4 is 24.5 Å². The van der Waals surface area contributed by atoms with Crippen molar-refractivity contribution in [3.05, 3.63) is 35.8 Å². The monoisotopic (exact) mass is 203 g/mol. The number of fused-ring (bicyclic) bond motifs is 1. The highest BCUT2D eigenvalue weighted by molar-refractivity contribution is 7.95. The van der Waals surface area contributed by atoms with Gasteiger partial charge in [-0.05, 0) is 17.7 Å². The highest BCUT2D eigenvalue weighted by Gasteiger charge is 2.14. The van der Waals surface area contributed by atoms with E-state index in [0.717, 1.165) is 11.3 Å². The number of allylic oxidation sites excluding steroid dienone is 1. The zero-order chi connectivity index (χ0) is 7.68. The van der Waals surface area contributed by atoms with E-state index in [2.05, 4.69) is 15.1 Å². The lowest BCUT2D eigenvalue weighted by molar-refractivity contribution is 0.797. The first kappa shape index (κ1) is 9.51. The largest absolute Gasteiger partial charge is 0.326 e. The van der Waals surface area contributed by atoms with Crippen LogP contribution in [-0.4, -0.2) is 10.8 Å². The molecule has 0 aromatic heterocycles. The third-order valence-corrected chi connectivity index (χ3v) is 2.36. The first-order chi connectivity index (χ1) is 5.40. The Labute approximate surface area is 82.0 Å². The summed E-state index contributed by atoms with van der Waals surface area (Å²) in [4.78, 5) is 0. The maximum Gasteiger partial charge on any atom is 0.0726 e. The van der Waals surface area contributed by atoms with E-state index in [1.807, 2.05) is 18.5 Å². The molecule has 0 atom stereocenters. The van der Waals surface area contributed by atoms with E-state index in [4.69, 9.17) is 5.73 Å². The van der Waals surface area contributed by atoms with Crippen LogP contribution in [0.1, 0.15) is 0 Å². The maximum absolute atomic E-state index is 5.49. The van der Waals surface area contributed by atoms with Crippen LogP contribution in [0, 0.1) is 0 Å². The van der Waals surface area contributed by atoms with E-state index in [9.17, 15) is 0 Å². The van der Waals surface area contributed by atoms with Crippen molar-refractivity contribution in [1.29, 1.82) is 0 Å². The van der Waals surface area contributed by atoms with Crippen molar-refractivity contribution in [2.75, 3.05) is 6.54 Å². The van der Waals surface area contributed by atoms with Crippen LogP contribution in [0.2, 0.25) is 0 Å². The average Bonchev–Trinajstić information content (AvgIpc) is 2.50. The summed E-state index contributed by atoms with van der Waals surface area (Å²) in [6.07, 6.45) is 8.08. The van der Waals surface area contributed by atoms with E-state index in [1.54, 1.807) is 12.1 Å². The van der Waals surface area contributed by atoms with Gasteiger partial charge in [0.15, 0.2) is 0 Å². The van der Waals surface area contributed by atoms with Crippen LogP contribution in [0.4, 0.5) is 0 Å². The number of nitrogens with two attached hydrogens (primary N) is 1. The van der Waals surface area contributed by atoms with Crippen molar-refractivity contribution < 1.29 is 0 Å². The quantitative estimate of drug-likeness (QED) is 0.627. The summed E-state index contributed by atoms with van der Waals surface area (Å²) in [5, 5.41) is 0. The molecule has 3 nitrogen and oxygen atoms in total. The van der Waals surface area contributed by atoms with Crippen molar-refractivity contribution in [3.8, 4) is 0 Å². The Hall–Kier alpha value is -0.580. The highest BCUT2D eigenvalue weighted by Crippen LogP contribution is 2.26. The molecule has 3 N–H and O–H groups in total. The zero-order valence-electron chi connectivity index (χ0n) is 6.36. The molecule has 2 heterocycles. The average molecular weight is 204 g/mol. The molecule has 5 heteroatoms. The second-order valence-electron chi connectivity index (χ2n) is 2.34. The summed E-state index contributed by atoms with van der Waals surface area (Å²) in [5.41, 5.74) is 7.82. The van der Waals surface area contributed by atoms with Crippen LogP contribution < -0.4 is 10.5 Å². The van der Waals surface area contributed by atoms with E-state index < -0.39 is 0 Å². The van der Waals surface area contributed by atoms with Crippen LogP contribution in [0.15, 0.2) is 35.8 Å². The molecule has 0 aliphatic carbocycles. The molecule has 0 saturated heterocycles. The SMILES string of the molecule is Cl.NCC1=CC2=CNSN2C=C1. The summed E-state index contributed by atoms with van der Waals surface area (Å²) in [6, 6.07) is 0. The number of rotatable bonds is 1. The molecule has 0 radical (unpaired) electrons. The van der Waals surface area contributed by atoms with Gasteiger partial charge in [-0.2, -0.15) is 0 Å². The minimum Gasteiger partial charge on any atom is -0.326 e. The van der Waals surface area contributed by atoms with Crippen LogP contribution in [0.25, 0.3) is 0 Å². The normalized spacial score (nSPS) is 18.9. The lowest BCUT2D eigenvalue weighted by Gasteiger charge is -2.16. The molecule has 0 fully saturated rings. The number of nitrogens with zero attached hydrogens (tertiary/aromatic N) is 1. The summed E-state index contributed by atoms with van der Waals surface area (Å²) in [7, 11) is 0. The van der Waals surface area contributed by atoms with Crippen LogP contribution >= 0.6 is 24.5 Å². The Balaban J connectivity index is 0.000000720. The molecule has 0 amide bonds. The zero-order valence-corrected chi connectivity index (χ0v) is 7.99. The summed E-state index contributed by atoms with van der Waals surface area (Å²) in [6.45, 7) is 0.604. The predicted molar refractivity (Wildman–Crippen MR) is 54.2 cm³/mol. The first-order valence-corrected chi connectivity index (χ1v) is 4.18. The van der Waals surface area contributed by atoms with Gasteiger partial charge < -0.3 is 10.5 Å². The molecule has 0 saturated carbocycles. The van der Waals surface area contributed by atoms with E-state index >= 15 is 0 Å². The molecule has 0 spiro atoms. The fourth-order valence-corrected chi connectivity index (χ4v) is 1.63. The minimum atomic E-state index is 0. The van der Waals surface area contributed by atoms with E-state index in [0.29, 0.717) is 6.54 Å². The van der Waals surface area contributed by atoms with Crippen molar-refractivity contribution in [2.24, 2.45) is 5.73 Å². The van der Waals surface area contributed by atoms with Gasteiger partial charge in [0.25, 0.3) is 0 Å². The fraction of sp³-hybridized carbons (Fsp3) is 0.143. The minimum absolute atomic E-state index is 0. The van der Waals surface area contributed by atoms with Crippen LogP contribution in [0.5, 0.6) is 0 Å². The van der Waals surface area contributed by atoms with Crippen molar-refractivity contribution in [1.82, 2.24) is 9.03 Å². The number of halogens is 1. The number of hydrogen-bond acceptors (Lipinski definition) is 4. The molecule has 2 rings (SSSR count). The van der Waals surface area contributed by atoms with Gasteiger partial charge in [-0.25, -0.2) is 0 Å². The molecule has 0 aromatic rings. The van der Waals surface area contributed by atoms with Gasteiger partial charge in [0.1, 0.15) is 0 Å². The Bertz CT molecular complexity index is 259. The molecule has 0 unspecified atom stereocenters. The van der Waals surface area contributed by atoms with Gasteiger partial charge in [-0.3, -0.25) is 4.31 Å². The lowest BCUT2D eigenvalue weighted by Crippen LogP contribution is -2.10.